The van der Waals surface area contributed by atoms with Gasteiger partial charge in [-0.2, -0.15) is 5.10 Å². The molecule has 0 aliphatic heterocycles. The van der Waals surface area contributed by atoms with Crippen LogP contribution in [0.3, 0.4) is 0 Å². The van der Waals surface area contributed by atoms with Crippen molar-refractivity contribution in [1.29, 1.82) is 0 Å². The maximum atomic E-state index is 5.81. The lowest BCUT2D eigenvalue weighted by molar-refractivity contribution is 0.0258. The van der Waals surface area contributed by atoms with Crippen molar-refractivity contribution in [2.75, 3.05) is 19.7 Å². The van der Waals surface area contributed by atoms with Crippen LogP contribution >= 0.6 is 24.0 Å². The highest BCUT2D eigenvalue weighted by Crippen LogP contribution is 2.16. The summed E-state index contributed by atoms with van der Waals surface area (Å²) in [7, 11) is 0. The number of aliphatic imine (C=N–C) groups is 1. The van der Waals surface area contributed by atoms with Gasteiger partial charge in [-0.25, -0.2) is 9.98 Å². The van der Waals surface area contributed by atoms with E-state index < -0.39 is 0 Å². The average Bonchev–Trinajstić information content (AvgIpc) is 3.20. The molecule has 2 rings (SSSR count). The summed E-state index contributed by atoms with van der Waals surface area (Å²) in [6.45, 7) is 11.5. The molecule has 7 nitrogen and oxygen atoms in total. The molecule has 1 unspecified atom stereocenters. The SMILES string of the molecule is CCNC(=NCc1cccc(-c2ncn[nH]2)c1)NCCC(OCC)C(C)C.I. The molecule has 0 aliphatic rings. The smallest absolute Gasteiger partial charge is 0.191 e. The molecule has 0 fully saturated rings. The van der Waals surface area contributed by atoms with Crippen LogP contribution in [0, 0.1) is 5.92 Å². The normalized spacial score (nSPS) is 12.5. The van der Waals surface area contributed by atoms with E-state index in [1.54, 1.807) is 0 Å². The van der Waals surface area contributed by atoms with Gasteiger partial charge < -0.3 is 15.4 Å². The minimum Gasteiger partial charge on any atom is -0.378 e. The molecule has 0 amide bonds. The Morgan fingerprint density at radius 3 is 2.71 bits per heavy atom. The number of H-pyrrole nitrogens is 1. The van der Waals surface area contributed by atoms with Crippen LogP contribution in [0.1, 0.15) is 39.7 Å². The molecule has 156 valence electrons. The largest absolute Gasteiger partial charge is 0.378 e. The zero-order valence-corrected chi connectivity index (χ0v) is 19.6. The van der Waals surface area contributed by atoms with E-state index in [9.17, 15) is 0 Å². The van der Waals surface area contributed by atoms with E-state index in [2.05, 4.69) is 58.7 Å². The van der Waals surface area contributed by atoms with Gasteiger partial charge in [0.2, 0.25) is 0 Å². The number of rotatable bonds is 10. The Hall–Kier alpha value is -1.68. The molecule has 0 spiro atoms. The van der Waals surface area contributed by atoms with Crippen molar-refractivity contribution in [2.45, 2.75) is 46.8 Å². The van der Waals surface area contributed by atoms with Crippen molar-refractivity contribution in [1.82, 2.24) is 25.8 Å². The first kappa shape index (κ1) is 24.4. The molecule has 0 bridgehead atoms. The zero-order valence-electron chi connectivity index (χ0n) is 17.2. The number of aromatic nitrogens is 3. The summed E-state index contributed by atoms with van der Waals surface area (Å²) in [5.41, 5.74) is 2.13. The third kappa shape index (κ3) is 8.14. The van der Waals surface area contributed by atoms with Crippen LogP contribution in [0.5, 0.6) is 0 Å². The van der Waals surface area contributed by atoms with E-state index in [0.717, 1.165) is 49.0 Å². The van der Waals surface area contributed by atoms with Gasteiger partial charge >= 0.3 is 0 Å². The van der Waals surface area contributed by atoms with Crippen molar-refractivity contribution in [3.05, 3.63) is 36.2 Å². The standard InChI is InChI=1S/C20H32N6O.HI/c1-5-21-20(22-11-10-18(15(3)4)27-6-2)23-13-16-8-7-9-17(12-16)19-24-14-25-26-19;/h7-9,12,14-15,18H,5-6,10-11,13H2,1-4H3,(H2,21,22,23)(H,24,25,26);1H. The molecule has 1 heterocycles. The number of guanidine groups is 1. The van der Waals surface area contributed by atoms with E-state index in [4.69, 9.17) is 9.73 Å². The van der Waals surface area contributed by atoms with E-state index in [-0.39, 0.29) is 30.1 Å². The summed E-state index contributed by atoms with van der Waals surface area (Å²) < 4.78 is 5.81. The highest BCUT2D eigenvalue weighted by atomic mass is 127. The number of benzene rings is 1. The topological polar surface area (TPSA) is 87.2 Å². The quantitative estimate of drug-likeness (QED) is 0.264. The van der Waals surface area contributed by atoms with Gasteiger partial charge in [0, 0.05) is 25.3 Å². The van der Waals surface area contributed by atoms with E-state index in [0.29, 0.717) is 12.5 Å². The van der Waals surface area contributed by atoms with E-state index >= 15 is 0 Å². The van der Waals surface area contributed by atoms with Crippen molar-refractivity contribution in [3.8, 4) is 11.4 Å². The third-order valence-electron chi connectivity index (χ3n) is 4.23. The van der Waals surface area contributed by atoms with Gasteiger partial charge in [0.05, 0.1) is 12.6 Å². The van der Waals surface area contributed by atoms with Gasteiger partial charge in [-0.1, -0.05) is 32.0 Å². The van der Waals surface area contributed by atoms with Crippen LogP contribution in [-0.2, 0) is 11.3 Å². The first-order chi connectivity index (χ1) is 13.1. The van der Waals surface area contributed by atoms with Crippen molar-refractivity contribution in [3.63, 3.8) is 0 Å². The first-order valence-electron chi connectivity index (χ1n) is 9.72. The second-order valence-electron chi connectivity index (χ2n) is 6.68. The number of ether oxygens (including phenoxy) is 1. The van der Waals surface area contributed by atoms with Gasteiger partial charge in [0.15, 0.2) is 11.8 Å². The Morgan fingerprint density at radius 2 is 2.07 bits per heavy atom. The first-order valence-corrected chi connectivity index (χ1v) is 9.72. The predicted molar refractivity (Wildman–Crippen MR) is 125 cm³/mol. The summed E-state index contributed by atoms with van der Waals surface area (Å²) in [5.74, 6) is 2.09. The number of nitrogens with zero attached hydrogens (tertiary/aromatic N) is 3. The highest BCUT2D eigenvalue weighted by Gasteiger charge is 2.13. The van der Waals surface area contributed by atoms with Crippen LogP contribution in [0.4, 0.5) is 0 Å². The molecule has 3 N–H and O–H groups in total. The van der Waals surface area contributed by atoms with Crippen molar-refractivity contribution in [2.24, 2.45) is 10.9 Å². The molecule has 2 aromatic rings. The Balaban J connectivity index is 0.00000392. The number of hydrogen-bond donors (Lipinski definition) is 3. The summed E-state index contributed by atoms with van der Waals surface area (Å²) in [6.07, 6.45) is 2.74. The molecule has 0 saturated carbocycles. The second kappa shape index (κ2) is 13.5. The van der Waals surface area contributed by atoms with Crippen LogP contribution in [0.2, 0.25) is 0 Å². The maximum absolute atomic E-state index is 5.81. The van der Waals surface area contributed by atoms with Gasteiger partial charge in [-0.05, 0) is 37.8 Å². The Bertz CT molecular complexity index is 690. The minimum atomic E-state index is 0. The van der Waals surface area contributed by atoms with E-state index in [1.807, 2.05) is 19.1 Å². The molecule has 1 aromatic heterocycles. The maximum Gasteiger partial charge on any atom is 0.191 e. The molecule has 1 aromatic carbocycles. The zero-order chi connectivity index (χ0) is 19.5. The van der Waals surface area contributed by atoms with Crippen molar-refractivity contribution < 1.29 is 4.74 Å². The summed E-state index contributed by atoms with van der Waals surface area (Å²) >= 11 is 0. The molecule has 0 aliphatic carbocycles. The molecule has 0 radical (unpaired) electrons. The molecular weight excluding hydrogens is 467 g/mol. The number of hydrogen-bond acceptors (Lipinski definition) is 4. The van der Waals surface area contributed by atoms with Gasteiger partial charge in [0.1, 0.15) is 6.33 Å². The van der Waals surface area contributed by atoms with Gasteiger partial charge in [-0.15, -0.1) is 24.0 Å². The number of halogens is 1. The molecular formula is C20H33IN6O. The average molecular weight is 500 g/mol. The molecule has 0 saturated heterocycles. The summed E-state index contributed by atoms with van der Waals surface area (Å²) in [4.78, 5) is 8.90. The van der Waals surface area contributed by atoms with Crippen LogP contribution < -0.4 is 10.6 Å². The molecule has 1 atom stereocenters. The lowest BCUT2D eigenvalue weighted by Gasteiger charge is -2.21. The van der Waals surface area contributed by atoms with Gasteiger partial charge in [0.25, 0.3) is 0 Å². The Labute approximate surface area is 185 Å². The fraction of sp³-hybridized carbons (Fsp3) is 0.550. The molecule has 28 heavy (non-hydrogen) atoms. The fourth-order valence-corrected chi connectivity index (χ4v) is 2.83. The monoisotopic (exact) mass is 500 g/mol. The van der Waals surface area contributed by atoms with Crippen molar-refractivity contribution >= 4 is 29.9 Å². The minimum absolute atomic E-state index is 0. The van der Waals surface area contributed by atoms with Crippen LogP contribution in [0.15, 0.2) is 35.6 Å². The van der Waals surface area contributed by atoms with Gasteiger partial charge in [-0.3, -0.25) is 5.10 Å². The van der Waals surface area contributed by atoms with Crippen LogP contribution in [-0.4, -0.2) is 46.9 Å². The summed E-state index contributed by atoms with van der Waals surface area (Å²) in [6, 6.07) is 8.17. The molecule has 8 heteroatoms. The lowest BCUT2D eigenvalue weighted by Crippen LogP contribution is -2.39. The lowest BCUT2D eigenvalue weighted by atomic mass is 10.0. The summed E-state index contributed by atoms with van der Waals surface area (Å²) in [5, 5.41) is 13.5. The third-order valence-corrected chi connectivity index (χ3v) is 4.23. The number of aromatic amines is 1. The predicted octanol–water partition coefficient (Wildman–Crippen LogP) is 3.60. The fourth-order valence-electron chi connectivity index (χ4n) is 2.83. The van der Waals surface area contributed by atoms with E-state index in [1.165, 1.54) is 6.33 Å². The number of nitrogens with one attached hydrogen (secondary N) is 3. The second-order valence-corrected chi connectivity index (χ2v) is 6.68. The highest BCUT2D eigenvalue weighted by molar-refractivity contribution is 14.0. The Kier molecular flexibility index (Phi) is 11.7. The Morgan fingerprint density at radius 1 is 1.25 bits per heavy atom. The van der Waals surface area contributed by atoms with Crippen LogP contribution in [0.25, 0.3) is 11.4 Å².